The number of ether oxygens (including phenoxy) is 1. The molecule has 0 N–H and O–H groups in total. The normalized spacial score (nSPS) is 25.4. The van der Waals surface area contributed by atoms with E-state index in [4.69, 9.17) is 9.15 Å². The predicted molar refractivity (Wildman–Crippen MR) is 72.9 cm³/mol. The van der Waals surface area contributed by atoms with E-state index < -0.39 is 0 Å². The van der Waals surface area contributed by atoms with Crippen molar-refractivity contribution in [3.8, 4) is 5.75 Å². The molecule has 20 heavy (non-hydrogen) atoms. The van der Waals surface area contributed by atoms with Crippen LogP contribution in [0.25, 0.3) is 0 Å². The van der Waals surface area contributed by atoms with Crippen molar-refractivity contribution in [2.75, 3.05) is 13.7 Å². The summed E-state index contributed by atoms with van der Waals surface area (Å²) in [5.74, 6) is 0.696. The number of amides is 1. The molecule has 2 fully saturated rings. The van der Waals surface area contributed by atoms with Gasteiger partial charge in [-0.2, -0.15) is 0 Å². The lowest BCUT2D eigenvalue weighted by Gasteiger charge is -2.37. The second-order valence-electron chi connectivity index (χ2n) is 5.58. The van der Waals surface area contributed by atoms with Crippen molar-refractivity contribution in [2.24, 2.45) is 5.92 Å². The fourth-order valence-corrected chi connectivity index (χ4v) is 3.51. The van der Waals surface area contributed by atoms with E-state index in [1.165, 1.54) is 38.7 Å². The maximum Gasteiger partial charge on any atom is 0.289 e. The summed E-state index contributed by atoms with van der Waals surface area (Å²) in [6.45, 7) is 0.760. The van der Waals surface area contributed by atoms with E-state index in [-0.39, 0.29) is 22.8 Å². The first kappa shape index (κ1) is 13.2. The molecule has 2 atom stereocenters. The third-order valence-corrected chi connectivity index (χ3v) is 4.48. The van der Waals surface area contributed by atoms with Gasteiger partial charge in [0.1, 0.15) is 6.26 Å². The minimum Gasteiger partial charge on any atom is -0.490 e. The molecule has 0 bridgehead atoms. The summed E-state index contributed by atoms with van der Waals surface area (Å²) in [7, 11) is 1.40. The van der Waals surface area contributed by atoms with Gasteiger partial charge in [0.05, 0.1) is 7.11 Å². The summed E-state index contributed by atoms with van der Waals surface area (Å²) in [6.07, 6.45) is 6.92. The quantitative estimate of drug-likeness (QED) is 0.830. The van der Waals surface area contributed by atoms with Crippen LogP contribution in [0.1, 0.15) is 42.7 Å². The van der Waals surface area contributed by atoms with E-state index in [0.29, 0.717) is 12.0 Å². The summed E-state index contributed by atoms with van der Waals surface area (Å²) in [6, 6.07) is 1.56. The Morgan fingerprint density at radius 1 is 1.35 bits per heavy atom. The molecule has 3 rings (SSSR count). The summed E-state index contributed by atoms with van der Waals surface area (Å²) >= 11 is 0. The first-order chi connectivity index (χ1) is 9.70. The highest BCUT2D eigenvalue weighted by molar-refractivity contribution is 5.91. The Morgan fingerprint density at radius 3 is 2.90 bits per heavy atom. The van der Waals surface area contributed by atoms with Crippen LogP contribution < -0.4 is 10.2 Å². The number of carbonyl (C=O) groups is 1. The Hall–Kier alpha value is -1.78. The lowest BCUT2D eigenvalue weighted by molar-refractivity contribution is 0.0513. The minimum atomic E-state index is -0.318. The van der Waals surface area contributed by atoms with Gasteiger partial charge in [-0.25, -0.2) is 0 Å². The van der Waals surface area contributed by atoms with Crippen LogP contribution in [0.15, 0.2) is 21.5 Å². The smallest absolute Gasteiger partial charge is 0.289 e. The molecule has 1 aliphatic heterocycles. The van der Waals surface area contributed by atoms with Crippen LogP contribution in [0.2, 0.25) is 0 Å². The van der Waals surface area contributed by atoms with Crippen molar-refractivity contribution < 1.29 is 13.9 Å². The van der Waals surface area contributed by atoms with Crippen molar-refractivity contribution in [1.82, 2.24) is 4.90 Å². The van der Waals surface area contributed by atoms with Crippen LogP contribution in [-0.4, -0.2) is 30.5 Å². The Labute approximate surface area is 117 Å². The maximum atomic E-state index is 12.5. The van der Waals surface area contributed by atoms with Crippen LogP contribution in [-0.2, 0) is 0 Å². The molecule has 1 aliphatic carbocycles. The lowest BCUT2D eigenvalue weighted by Crippen LogP contribution is -2.46. The SMILES string of the molecule is COc1coc(C(=O)N2CCC[C@@H]3CCC[C@@H]32)cc1=O. The van der Waals surface area contributed by atoms with Gasteiger partial charge in [-0.3, -0.25) is 9.59 Å². The number of hydrogen-bond donors (Lipinski definition) is 0. The highest BCUT2D eigenvalue weighted by Gasteiger charge is 2.38. The van der Waals surface area contributed by atoms with Gasteiger partial charge in [0.15, 0.2) is 5.76 Å². The number of likely N-dealkylation sites (tertiary alicyclic amines) is 1. The topological polar surface area (TPSA) is 59.8 Å². The first-order valence-corrected chi connectivity index (χ1v) is 7.18. The van der Waals surface area contributed by atoms with Crippen LogP contribution in [0.5, 0.6) is 5.75 Å². The fourth-order valence-electron chi connectivity index (χ4n) is 3.51. The molecular weight excluding hydrogens is 258 g/mol. The molecule has 108 valence electrons. The molecule has 1 amide bonds. The van der Waals surface area contributed by atoms with E-state index >= 15 is 0 Å². The van der Waals surface area contributed by atoms with Crippen molar-refractivity contribution in [1.29, 1.82) is 0 Å². The van der Waals surface area contributed by atoms with E-state index in [9.17, 15) is 9.59 Å². The molecule has 2 heterocycles. The highest BCUT2D eigenvalue weighted by atomic mass is 16.5. The summed E-state index contributed by atoms with van der Waals surface area (Å²) in [5, 5.41) is 0. The molecule has 5 heteroatoms. The second kappa shape index (κ2) is 5.31. The number of carbonyl (C=O) groups excluding carboxylic acids is 1. The van der Waals surface area contributed by atoms with Gasteiger partial charge in [0.25, 0.3) is 5.91 Å². The zero-order valence-corrected chi connectivity index (χ0v) is 11.6. The van der Waals surface area contributed by atoms with Crippen LogP contribution in [0, 0.1) is 5.92 Å². The zero-order chi connectivity index (χ0) is 14.1. The third-order valence-electron chi connectivity index (χ3n) is 4.48. The molecule has 2 aliphatic rings. The first-order valence-electron chi connectivity index (χ1n) is 7.18. The Balaban J connectivity index is 1.84. The van der Waals surface area contributed by atoms with Gasteiger partial charge in [-0.15, -0.1) is 0 Å². The van der Waals surface area contributed by atoms with Gasteiger partial charge < -0.3 is 14.1 Å². The predicted octanol–water partition coefficient (Wildman–Crippen LogP) is 2.05. The van der Waals surface area contributed by atoms with E-state index in [1.54, 1.807) is 0 Å². The Bertz CT molecular complexity index is 565. The van der Waals surface area contributed by atoms with Gasteiger partial charge in [-0.1, -0.05) is 6.42 Å². The number of fused-ring (bicyclic) bond motifs is 1. The number of rotatable bonds is 2. The van der Waals surface area contributed by atoms with Crippen LogP contribution in [0.3, 0.4) is 0 Å². The molecule has 0 aromatic carbocycles. The monoisotopic (exact) mass is 277 g/mol. The summed E-state index contributed by atoms with van der Waals surface area (Å²) in [4.78, 5) is 26.2. The lowest BCUT2D eigenvalue weighted by atomic mass is 9.92. The zero-order valence-electron chi connectivity index (χ0n) is 11.6. The third kappa shape index (κ3) is 2.21. The van der Waals surface area contributed by atoms with Gasteiger partial charge >= 0.3 is 0 Å². The van der Waals surface area contributed by atoms with Gasteiger partial charge in [-0.05, 0) is 31.6 Å². The number of hydrogen-bond acceptors (Lipinski definition) is 4. The van der Waals surface area contributed by atoms with Crippen molar-refractivity contribution in [3.05, 3.63) is 28.3 Å². The average Bonchev–Trinajstić information content (AvgIpc) is 2.94. The largest absolute Gasteiger partial charge is 0.490 e. The minimum absolute atomic E-state index is 0.114. The van der Waals surface area contributed by atoms with Gasteiger partial charge in [0.2, 0.25) is 11.2 Å². The van der Waals surface area contributed by atoms with E-state index in [2.05, 4.69) is 0 Å². The highest BCUT2D eigenvalue weighted by Crippen LogP contribution is 2.37. The standard InChI is InChI=1S/C15H19NO4/c1-19-14-9-20-13(8-12(14)17)15(18)16-7-3-5-10-4-2-6-11(10)16/h8-11H,2-7H2,1H3/t10-,11-/m0/s1. The van der Waals surface area contributed by atoms with Crippen molar-refractivity contribution in [2.45, 2.75) is 38.1 Å². The maximum absolute atomic E-state index is 12.5. The average molecular weight is 277 g/mol. The van der Waals surface area contributed by atoms with Crippen LogP contribution >= 0.6 is 0 Å². The Morgan fingerprint density at radius 2 is 2.15 bits per heavy atom. The van der Waals surface area contributed by atoms with Gasteiger partial charge in [0, 0.05) is 18.7 Å². The van der Waals surface area contributed by atoms with E-state index in [0.717, 1.165) is 19.4 Å². The fraction of sp³-hybridized carbons (Fsp3) is 0.600. The molecule has 1 aromatic rings. The summed E-state index contributed by atoms with van der Waals surface area (Å²) < 4.78 is 10.1. The molecule has 1 saturated heterocycles. The number of nitrogens with zero attached hydrogens (tertiary/aromatic N) is 1. The number of piperidine rings is 1. The Kier molecular flexibility index (Phi) is 3.51. The molecule has 0 unspecified atom stereocenters. The van der Waals surface area contributed by atoms with E-state index in [1.807, 2.05) is 4.90 Å². The van der Waals surface area contributed by atoms with Crippen LogP contribution in [0.4, 0.5) is 0 Å². The molecule has 1 aromatic heterocycles. The number of methoxy groups -OCH3 is 1. The molecule has 1 saturated carbocycles. The van der Waals surface area contributed by atoms with Crippen molar-refractivity contribution >= 4 is 5.91 Å². The molecule has 5 nitrogen and oxygen atoms in total. The summed E-state index contributed by atoms with van der Waals surface area (Å²) in [5.41, 5.74) is -0.318. The van der Waals surface area contributed by atoms with Crippen molar-refractivity contribution in [3.63, 3.8) is 0 Å². The molecular formula is C15H19NO4. The second-order valence-corrected chi connectivity index (χ2v) is 5.58. The molecule has 0 spiro atoms. The molecule has 0 radical (unpaired) electrons.